The zero-order valence-electron chi connectivity index (χ0n) is 26.4. The molecular formula is C30H29B5N8O2. The van der Waals surface area contributed by atoms with Gasteiger partial charge in [-0.3, -0.25) is 18.8 Å². The van der Waals surface area contributed by atoms with Crippen LogP contribution in [0.15, 0.2) is 59.9 Å². The van der Waals surface area contributed by atoms with Gasteiger partial charge in [0.15, 0.2) is 11.5 Å². The van der Waals surface area contributed by atoms with Crippen molar-refractivity contribution in [3.8, 4) is 17.5 Å². The smallest absolute Gasteiger partial charge is 0.264 e. The van der Waals surface area contributed by atoms with E-state index in [1.54, 1.807) is 33.9 Å². The monoisotopic (exact) mass is 588 g/mol. The molecule has 6 rings (SSSR count). The summed E-state index contributed by atoms with van der Waals surface area (Å²) in [7, 11) is 12.1. The highest BCUT2D eigenvalue weighted by molar-refractivity contribution is 6.68. The van der Waals surface area contributed by atoms with Crippen LogP contribution in [0.2, 0.25) is 0 Å². The van der Waals surface area contributed by atoms with Gasteiger partial charge < -0.3 is 11.1 Å². The highest BCUT2D eigenvalue weighted by Crippen LogP contribution is 2.23. The fourth-order valence-electron chi connectivity index (χ4n) is 5.94. The van der Waals surface area contributed by atoms with E-state index in [9.17, 15) is 9.59 Å². The van der Waals surface area contributed by atoms with Crippen LogP contribution in [0.3, 0.4) is 0 Å². The van der Waals surface area contributed by atoms with Gasteiger partial charge in [0, 0.05) is 42.6 Å². The summed E-state index contributed by atoms with van der Waals surface area (Å²) in [6.45, 7) is 1.86. The van der Waals surface area contributed by atoms with Crippen molar-refractivity contribution in [2.75, 3.05) is 5.73 Å². The number of anilines is 1. The van der Waals surface area contributed by atoms with Gasteiger partial charge in [-0.25, -0.2) is 9.50 Å². The number of aromatic nitrogens is 6. The number of hydrogen-bond donors (Lipinski definition) is 2. The van der Waals surface area contributed by atoms with Gasteiger partial charge in [-0.15, -0.1) is 10.6 Å². The minimum absolute atomic E-state index is 0.0719. The molecular weight excluding hydrogens is 558 g/mol. The van der Waals surface area contributed by atoms with E-state index >= 15 is 0 Å². The van der Waals surface area contributed by atoms with Gasteiger partial charge in [0.25, 0.3) is 11.5 Å². The number of fused-ring (bicyclic) bond motifs is 2. The molecule has 0 spiro atoms. The summed E-state index contributed by atoms with van der Waals surface area (Å²) in [5, 5.41) is 12.7. The first-order valence-electron chi connectivity index (χ1n) is 14.6. The summed E-state index contributed by atoms with van der Waals surface area (Å²) in [5.41, 5.74) is 14.6. The van der Waals surface area contributed by atoms with Gasteiger partial charge in [0.05, 0.1) is 23.2 Å². The van der Waals surface area contributed by atoms with E-state index in [4.69, 9.17) is 5.73 Å². The molecule has 45 heavy (non-hydrogen) atoms. The highest BCUT2D eigenvalue weighted by atomic mass is 16.2. The molecule has 2 aromatic carbocycles. The van der Waals surface area contributed by atoms with Gasteiger partial charge in [-0.1, -0.05) is 45.8 Å². The van der Waals surface area contributed by atoms with E-state index in [2.05, 4.69) is 55.9 Å². The third-order valence-electron chi connectivity index (χ3n) is 8.75. The van der Waals surface area contributed by atoms with Gasteiger partial charge in [0.2, 0.25) is 0 Å². The van der Waals surface area contributed by atoms with E-state index in [1.807, 2.05) is 60.1 Å². The first kappa shape index (κ1) is 29.7. The maximum Gasteiger partial charge on any atom is 0.264 e. The van der Waals surface area contributed by atoms with Crippen LogP contribution in [0.5, 0.6) is 0 Å². The summed E-state index contributed by atoms with van der Waals surface area (Å²) < 4.78 is 4.90. The van der Waals surface area contributed by atoms with E-state index < -0.39 is 11.9 Å². The molecule has 0 bridgehead atoms. The van der Waals surface area contributed by atoms with Crippen molar-refractivity contribution in [2.24, 2.45) is 7.05 Å². The number of carbonyl (C=O) groups excluding carboxylic acids is 1. The molecule has 0 aliphatic rings. The van der Waals surface area contributed by atoms with E-state index in [1.165, 1.54) is 9.98 Å². The molecule has 0 unspecified atom stereocenters. The molecule has 0 aliphatic heterocycles. The molecule has 15 heteroatoms. The van der Waals surface area contributed by atoms with Crippen molar-refractivity contribution in [3.63, 3.8) is 0 Å². The Morgan fingerprint density at radius 1 is 1.02 bits per heavy atom. The van der Waals surface area contributed by atoms with Crippen LogP contribution in [0.1, 0.15) is 40.1 Å². The molecule has 0 aliphatic carbocycles. The third kappa shape index (κ3) is 5.02. The molecule has 3 N–H and O–H groups in total. The van der Waals surface area contributed by atoms with Gasteiger partial charge >= 0.3 is 0 Å². The van der Waals surface area contributed by atoms with Gasteiger partial charge in [-0.2, -0.15) is 5.10 Å². The van der Waals surface area contributed by atoms with Crippen LogP contribution in [0.25, 0.3) is 22.1 Å². The molecule has 10 nitrogen and oxygen atoms in total. The lowest BCUT2D eigenvalue weighted by molar-refractivity contribution is 0.0941. The van der Waals surface area contributed by atoms with Crippen molar-refractivity contribution >= 4 is 94.7 Å². The fraction of sp³-hybridized carbons (Fsp3) is 0.100. The van der Waals surface area contributed by atoms with Crippen LogP contribution in [-0.4, -0.2) is 74.1 Å². The average Bonchev–Trinajstić information content (AvgIpc) is 3.60. The zero-order valence-corrected chi connectivity index (χ0v) is 26.4. The maximum atomic E-state index is 14.8. The normalized spacial score (nSPS) is 11.8. The molecule has 0 radical (unpaired) electrons. The summed E-state index contributed by atoms with van der Waals surface area (Å²) in [6.07, 6.45) is 6.79. The third-order valence-corrected chi connectivity index (χ3v) is 8.75. The molecule has 0 saturated carbocycles. The molecule has 0 fully saturated rings. The van der Waals surface area contributed by atoms with Crippen LogP contribution in [0, 0.1) is 11.8 Å². The van der Waals surface area contributed by atoms with Gasteiger partial charge in [0.1, 0.15) is 44.8 Å². The number of carbonyl (C=O) groups is 1. The van der Waals surface area contributed by atoms with Gasteiger partial charge in [-0.05, 0) is 30.5 Å². The van der Waals surface area contributed by atoms with Crippen molar-refractivity contribution in [1.29, 1.82) is 0 Å². The Labute approximate surface area is 264 Å². The predicted octanol–water partition coefficient (Wildman–Crippen LogP) is -5.47. The van der Waals surface area contributed by atoms with Crippen LogP contribution in [0.4, 0.5) is 5.82 Å². The van der Waals surface area contributed by atoms with Crippen molar-refractivity contribution < 1.29 is 4.79 Å². The van der Waals surface area contributed by atoms with Crippen LogP contribution >= 0.6 is 0 Å². The van der Waals surface area contributed by atoms with Crippen LogP contribution in [-0.2, 0) is 7.05 Å². The molecule has 216 valence electrons. The Kier molecular flexibility index (Phi) is 7.45. The van der Waals surface area contributed by atoms with Crippen molar-refractivity contribution in [3.05, 3.63) is 87.9 Å². The van der Waals surface area contributed by atoms with E-state index in [0.717, 1.165) is 38.5 Å². The number of benzene rings is 2. The number of amides is 1. The molecule has 1 amide bonds. The van der Waals surface area contributed by atoms with E-state index in [0.29, 0.717) is 22.3 Å². The van der Waals surface area contributed by atoms with Crippen molar-refractivity contribution in [1.82, 2.24) is 34.3 Å². The SMILES string of the molecule is Bc1c(B)c(B)c(-n2c([C@H](C)NC(=O)c3c(N)nn4cccnc34)cc3cccc(C#Cc4cnn(C)c4)c3c2=O)c(B)c1B. The number of nitrogens with one attached hydrogen (secondary N) is 1. The molecule has 4 heterocycles. The summed E-state index contributed by atoms with van der Waals surface area (Å²) in [4.78, 5) is 32.8. The lowest BCUT2D eigenvalue weighted by atomic mass is 9.61. The fourth-order valence-corrected chi connectivity index (χ4v) is 5.94. The second kappa shape index (κ2) is 11.3. The molecule has 0 saturated heterocycles. The first-order valence-corrected chi connectivity index (χ1v) is 14.6. The lowest BCUT2D eigenvalue weighted by Gasteiger charge is -2.26. The average molecular weight is 588 g/mol. The second-order valence-corrected chi connectivity index (χ2v) is 11.4. The molecule has 1 atom stereocenters. The minimum Gasteiger partial charge on any atom is -0.381 e. The molecule has 6 aromatic rings. The van der Waals surface area contributed by atoms with Crippen LogP contribution < -0.4 is 43.9 Å². The molecule has 4 aromatic heterocycles. The first-order chi connectivity index (χ1) is 21.5. The zero-order chi connectivity index (χ0) is 32.2. The lowest BCUT2D eigenvalue weighted by Crippen LogP contribution is -2.57. The van der Waals surface area contributed by atoms with Crippen molar-refractivity contribution in [2.45, 2.75) is 13.0 Å². The number of hydrogen-bond acceptors (Lipinski definition) is 6. The minimum atomic E-state index is -0.599. The Bertz CT molecular complexity index is 2290. The Balaban J connectivity index is 1.58. The number of aryl methyl sites for hydroxylation is 1. The Hall–Kier alpha value is -5.37. The second-order valence-electron chi connectivity index (χ2n) is 11.4. The Morgan fingerprint density at radius 2 is 1.73 bits per heavy atom. The number of pyridine rings is 1. The van der Waals surface area contributed by atoms with E-state index in [-0.39, 0.29) is 16.9 Å². The largest absolute Gasteiger partial charge is 0.381 e. The number of nitrogen functional groups attached to an aromatic ring is 1. The summed E-state index contributed by atoms with van der Waals surface area (Å²) in [5.74, 6) is 5.98. The topological polar surface area (TPSA) is 125 Å². The summed E-state index contributed by atoms with van der Waals surface area (Å²) >= 11 is 0. The highest BCUT2D eigenvalue weighted by Gasteiger charge is 2.25. The number of rotatable bonds is 4. The quantitative estimate of drug-likeness (QED) is 0.157. The predicted molar refractivity (Wildman–Crippen MR) is 193 cm³/mol. The summed E-state index contributed by atoms with van der Waals surface area (Å²) in [6, 6.07) is 8.70. The maximum absolute atomic E-state index is 14.8. The number of nitrogens with two attached hydrogens (primary N) is 1. The number of nitrogens with zero attached hydrogens (tertiary/aromatic N) is 6. The standard InChI is InChI=1S/C30H29B5N8O2/c1-14(39-29(44)20-27(36)40-42-10-4-9-37-28(20)42)18-11-17-6-3-5-16(8-7-15-12-38-41(2)13-15)19(17)30(45)43(18)26-24(34)22(32)21(31)23(33)25(26)35/h3-6,9-14H,31-35H2,1-2H3,(H2,36,40)(H,39,44)/t14-/m0/s1. The Morgan fingerprint density at radius 3 is 2.42 bits per heavy atom.